The molecule has 0 amide bonds. The van der Waals surface area contributed by atoms with Crippen molar-refractivity contribution >= 4 is 5.97 Å². The second-order valence-corrected chi connectivity index (χ2v) is 4.85. The van der Waals surface area contributed by atoms with E-state index in [9.17, 15) is 4.79 Å². The Morgan fingerprint density at radius 1 is 1.28 bits per heavy atom. The maximum atomic E-state index is 11.9. The molecule has 4 nitrogen and oxygen atoms in total. The molecule has 1 aliphatic rings. The molecule has 0 saturated carbocycles. The highest BCUT2D eigenvalue weighted by Gasteiger charge is 2.43. The van der Waals surface area contributed by atoms with E-state index >= 15 is 0 Å². The van der Waals surface area contributed by atoms with Crippen LogP contribution in [0.2, 0.25) is 0 Å². The number of carbonyl (C=O) groups is 1. The van der Waals surface area contributed by atoms with Crippen molar-refractivity contribution in [3.05, 3.63) is 35.9 Å². The van der Waals surface area contributed by atoms with E-state index in [2.05, 4.69) is 0 Å². The Morgan fingerprint density at radius 3 is 2.50 bits per heavy atom. The zero-order valence-electron chi connectivity index (χ0n) is 10.9. The number of rotatable bonds is 3. The monoisotopic (exact) mass is 250 g/mol. The quantitative estimate of drug-likeness (QED) is 0.772. The average molecular weight is 250 g/mol. The van der Waals surface area contributed by atoms with E-state index < -0.39 is 11.9 Å². The van der Waals surface area contributed by atoms with Crippen molar-refractivity contribution in [2.24, 2.45) is 0 Å². The van der Waals surface area contributed by atoms with E-state index in [1.54, 1.807) is 13.8 Å². The maximum Gasteiger partial charge on any atom is 0.338 e. The van der Waals surface area contributed by atoms with Gasteiger partial charge in [0.15, 0.2) is 11.9 Å². The van der Waals surface area contributed by atoms with Gasteiger partial charge in [-0.05, 0) is 26.3 Å². The van der Waals surface area contributed by atoms with Crippen LogP contribution in [0.3, 0.4) is 0 Å². The van der Waals surface area contributed by atoms with Gasteiger partial charge in [-0.25, -0.2) is 4.79 Å². The van der Waals surface area contributed by atoms with E-state index in [1.807, 2.05) is 37.3 Å². The van der Waals surface area contributed by atoms with Gasteiger partial charge in [0, 0.05) is 0 Å². The summed E-state index contributed by atoms with van der Waals surface area (Å²) in [6, 6.07) is 9.55. The van der Waals surface area contributed by atoms with Crippen molar-refractivity contribution in [3.8, 4) is 0 Å². The largest absolute Gasteiger partial charge is 0.459 e. The molecule has 0 spiro atoms. The van der Waals surface area contributed by atoms with Crippen LogP contribution in [0.4, 0.5) is 0 Å². The summed E-state index contributed by atoms with van der Waals surface area (Å²) >= 11 is 0. The SMILES string of the molecule is C[C@H]1OC(C)(C)OC1C(=O)OCc1ccccc1. The fourth-order valence-corrected chi connectivity index (χ4v) is 1.99. The van der Waals surface area contributed by atoms with Crippen molar-refractivity contribution in [2.45, 2.75) is 45.4 Å². The molecule has 0 aromatic heterocycles. The summed E-state index contributed by atoms with van der Waals surface area (Å²) in [5.41, 5.74) is 0.955. The molecule has 98 valence electrons. The summed E-state index contributed by atoms with van der Waals surface area (Å²) in [6.07, 6.45) is -0.938. The van der Waals surface area contributed by atoms with Crippen molar-refractivity contribution in [1.82, 2.24) is 0 Å². The van der Waals surface area contributed by atoms with E-state index in [-0.39, 0.29) is 18.7 Å². The van der Waals surface area contributed by atoms with Crippen LogP contribution in [-0.4, -0.2) is 24.0 Å². The number of hydrogen-bond acceptors (Lipinski definition) is 4. The number of benzene rings is 1. The Morgan fingerprint density at radius 2 is 1.94 bits per heavy atom. The van der Waals surface area contributed by atoms with E-state index in [0.29, 0.717) is 0 Å². The van der Waals surface area contributed by atoms with Gasteiger partial charge in [-0.15, -0.1) is 0 Å². The van der Waals surface area contributed by atoms with Gasteiger partial charge in [-0.2, -0.15) is 0 Å². The van der Waals surface area contributed by atoms with Crippen LogP contribution in [0.5, 0.6) is 0 Å². The van der Waals surface area contributed by atoms with Gasteiger partial charge in [-0.3, -0.25) is 0 Å². The molecule has 0 aliphatic carbocycles. The molecule has 0 N–H and O–H groups in total. The van der Waals surface area contributed by atoms with Gasteiger partial charge < -0.3 is 14.2 Å². The molecule has 1 saturated heterocycles. The van der Waals surface area contributed by atoms with Crippen molar-refractivity contribution in [3.63, 3.8) is 0 Å². The van der Waals surface area contributed by atoms with Gasteiger partial charge >= 0.3 is 5.97 Å². The van der Waals surface area contributed by atoms with Crippen LogP contribution >= 0.6 is 0 Å². The number of carbonyl (C=O) groups excluding carboxylic acids is 1. The molecule has 1 aromatic rings. The molecule has 18 heavy (non-hydrogen) atoms. The molecule has 1 heterocycles. The Kier molecular flexibility index (Phi) is 3.68. The topological polar surface area (TPSA) is 44.8 Å². The molecule has 0 radical (unpaired) electrons. The minimum Gasteiger partial charge on any atom is -0.459 e. The van der Waals surface area contributed by atoms with E-state index in [1.165, 1.54) is 0 Å². The molecule has 1 fully saturated rings. The minimum atomic E-state index is -0.726. The third-order valence-electron chi connectivity index (χ3n) is 2.76. The summed E-state index contributed by atoms with van der Waals surface area (Å²) in [5.74, 6) is -1.10. The molecular formula is C14H18O4. The normalized spacial score (nSPS) is 25.9. The highest BCUT2D eigenvalue weighted by atomic mass is 16.8. The van der Waals surface area contributed by atoms with Gasteiger partial charge in [-0.1, -0.05) is 30.3 Å². The molecule has 2 rings (SSSR count). The molecule has 1 aromatic carbocycles. The molecule has 2 atom stereocenters. The zero-order valence-corrected chi connectivity index (χ0v) is 10.9. The average Bonchev–Trinajstić information content (AvgIpc) is 2.61. The van der Waals surface area contributed by atoms with Crippen LogP contribution in [0.1, 0.15) is 26.3 Å². The molecule has 4 heteroatoms. The first-order chi connectivity index (χ1) is 8.48. The van der Waals surface area contributed by atoms with Crippen LogP contribution in [-0.2, 0) is 25.6 Å². The predicted molar refractivity (Wildman–Crippen MR) is 65.7 cm³/mol. The number of ether oxygens (including phenoxy) is 3. The zero-order chi connectivity index (χ0) is 13.2. The first-order valence-corrected chi connectivity index (χ1v) is 6.04. The Labute approximate surface area is 107 Å². The lowest BCUT2D eigenvalue weighted by molar-refractivity contribution is -0.171. The smallest absolute Gasteiger partial charge is 0.338 e. The molecule has 1 aliphatic heterocycles. The van der Waals surface area contributed by atoms with Gasteiger partial charge in [0.25, 0.3) is 0 Å². The van der Waals surface area contributed by atoms with Crippen molar-refractivity contribution in [2.75, 3.05) is 0 Å². The molecule has 1 unspecified atom stereocenters. The first kappa shape index (κ1) is 13.1. The second kappa shape index (κ2) is 5.08. The fraction of sp³-hybridized carbons (Fsp3) is 0.500. The van der Waals surface area contributed by atoms with E-state index in [4.69, 9.17) is 14.2 Å². The Bertz CT molecular complexity index is 413. The van der Waals surface area contributed by atoms with Gasteiger partial charge in [0.05, 0.1) is 6.10 Å². The summed E-state index contributed by atoms with van der Waals surface area (Å²) in [7, 11) is 0. The van der Waals surface area contributed by atoms with Gasteiger partial charge in [0.2, 0.25) is 0 Å². The number of esters is 1. The van der Waals surface area contributed by atoms with Crippen molar-refractivity contribution in [1.29, 1.82) is 0 Å². The standard InChI is InChI=1S/C14H18O4/c1-10-12(18-14(2,3)17-10)13(15)16-9-11-7-5-4-6-8-11/h4-8,10,12H,9H2,1-3H3/t10-,12?/m1/s1. The van der Waals surface area contributed by atoms with Gasteiger partial charge in [0.1, 0.15) is 6.61 Å². The lowest BCUT2D eigenvalue weighted by Crippen LogP contribution is -2.31. The van der Waals surface area contributed by atoms with Crippen LogP contribution in [0.25, 0.3) is 0 Å². The predicted octanol–water partition coefficient (Wildman–Crippen LogP) is 2.27. The highest BCUT2D eigenvalue weighted by molar-refractivity contribution is 5.75. The first-order valence-electron chi connectivity index (χ1n) is 6.04. The van der Waals surface area contributed by atoms with Crippen LogP contribution in [0.15, 0.2) is 30.3 Å². The van der Waals surface area contributed by atoms with Crippen LogP contribution in [0, 0.1) is 0 Å². The maximum absolute atomic E-state index is 11.9. The van der Waals surface area contributed by atoms with E-state index in [0.717, 1.165) is 5.56 Å². The fourth-order valence-electron chi connectivity index (χ4n) is 1.99. The Balaban J connectivity index is 1.89. The lowest BCUT2D eigenvalue weighted by atomic mass is 10.2. The minimum absolute atomic E-state index is 0.257. The third kappa shape index (κ3) is 3.09. The molecule has 0 bridgehead atoms. The third-order valence-corrected chi connectivity index (χ3v) is 2.76. The Hall–Kier alpha value is -1.39. The van der Waals surface area contributed by atoms with Crippen LogP contribution < -0.4 is 0 Å². The summed E-state index contributed by atoms with van der Waals surface area (Å²) in [5, 5.41) is 0. The summed E-state index contributed by atoms with van der Waals surface area (Å²) in [6.45, 7) is 5.64. The second-order valence-electron chi connectivity index (χ2n) is 4.85. The van der Waals surface area contributed by atoms with Crippen molar-refractivity contribution < 1.29 is 19.0 Å². The summed E-state index contributed by atoms with van der Waals surface area (Å²) in [4.78, 5) is 11.9. The molecular weight excluding hydrogens is 232 g/mol. The lowest BCUT2D eigenvalue weighted by Gasteiger charge is -2.16. The highest BCUT2D eigenvalue weighted by Crippen LogP contribution is 2.28. The summed E-state index contributed by atoms with van der Waals surface area (Å²) < 4.78 is 16.3. The number of hydrogen-bond donors (Lipinski definition) is 0.